The molecule has 2 atom stereocenters. The second-order valence-electron chi connectivity index (χ2n) is 12.4. The van der Waals surface area contributed by atoms with E-state index in [0.717, 1.165) is 11.3 Å². The summed E-state index contributed by atoms with van der Waals surface area (Å²) in [5.74, 6) is -0.0341. The van der Waals surface area contributed by atoms with Crippen LogP contribution in [0.25, 0.3) is 10.9 Å². The van der Waals surface area contributed by atoms with Crippen molar-refractivity contribution in [3.8, 4) is 6.07 Å². The van der Waals surface area contributed by atoms with Gasteiger partial charge in [0.1, 0.15) is 11.0 Å². The number of fused-ring (bicyclic) bond motifs is 1. The zero-order valence-corrected chi connectivity index (χ0v) is 24.4. The number of hydrogen-bond acceptors (Lipinski definition) is 8. The summed E-state index contributed by atoms with van der Waals surface area (Å²) in [7, 11) is 0. The summed E-state index contributed by atoms with van der Waals surface area (Å²) in [6.45, 7) is 14.0. The second kappa shape index (κ2) is 11.1. The quantitative estimate of drug-likeness (QED) is 0.341. The lowest BCUT2D eigenvalue weighted by atomic mass is 9.87. The third-order valence-corrected chi connectivity index (χ3v) is 7.07. The first-order valence-corrected chi connectivity index (χ1v) is 13.7. The van der Waals surface area contributed by atoms with Crippen molar-refractivity contribution in [3.63, 3.8) is 0 Å². The molecule has 3 N–H and O–H groups in total. The number of carbonyl (C=O) groups excluding carboxylic acids is 1. The molecule has 10 nitrogen and oxygen atoms in total. The van der Waals surface area contributed by atoms with E-state index in [1.807, 2.05) is 45.0 Å². The van der Waals surface area contributed by atoms with E-state index in [9.17, 15) is 14.9 Å². The Hall–Kier alpha value is -3.68. The Labute approximate surface area is 235 Å². The molecular weight excluding hydrogens is 508 g/mol. The van der Waals surface area contributed by atoms with Gasteiger partial charge in [0.15, 0.2) is 11.9 Å². The minimum atomic E-state index is -0.852. The van der Waals surface area contributed by atoms with Crippen molar-refractivity contribution in [2.45, 2.75) is 96.6 Å². The molecule has 0 saturated carbocycles. The van der Waals surface area contributed by atoms with Crippen molar-refractivity contribution in [1.82, 2.24) is 20.1 Å². The Morgan fingerprint density at radius 3 is 2.52 bits per heavy atom. The Balaban J connectivity index is 1.66. The Bertz CT molecular complexity index is 1450. The monoisotopic (exact) mass is 548 g/mol. The van der Waals surface area contributed by atoms with Crippen molar-refractivity contribution >= 4 is 28.4 Å². The van der Waals surface area contributed by atoms with Crippen molar-refractivity contribution < 1.29 is 14.3 Å². The molecule has 1 aromatic carbocycles. The van der Waals surface area contributed by atoms with Gasteiger partial charge in [-0.3, -0.25) is 9.48 Å². The van der Waals surface area contributed by atoms with Crippen LogP contribution in [0.2, 0.25) is 0 Å². The molecule has 3 aromatic rings. The summed E-state index contributed by atoms with van der Waals surface area (Å²) in [5, 5.41) is 21.8. The SMILES string of the molecule is CC(C)NC(C)(C)c1ccc(Nc2nn([C@]3(CC#N)CC[C@@H](C(=O)OC(C)(C)C)OC3)c3cc[nH]c(=O)c23)cc1. The van der Waals surface area contributed by atoms with Crippen molar-refractivity contribution in [2.75, 3.05) is 11.9 Å². The van der Waals surface area contributed by atoms with Crippen molar-refractivity contribution in [2.24, 2.45) is 0 Å². The average Bonchev–Trinajstić information content (AvgIpc) is 3.23. The molecule has 0 amide bonds. The number of rotatable bonds is 8. The zero-order valence-electron chi connectivity index (χ0n) is 24.4. The molecule has 10 heteroatoms. The van der Waals surface area contributed by atoms with Gasteiger partial charge in [-0.25, -0.2) is 4.79 Å². The summed E-state index contributed by atoms with van der Waals surface area (Å²) in [6, 6.07) is 12.4. The largest absolute Gasteiger partial charge is 0.458 e. The van der Waals surface area contributed by atoms with E-state index in [1.165, 1.54) is 0 Å². The molecular formula is C30H40N6O4. The van der Waals surface area contributed by atoms with E-state index in [0.29, 0.717) is 35.6 Å². The zero-order chi connectivity index (χ0) is 29.3. The van der Waals surface area contributed by atoms with Gasteiger partial charge in [0.05, 0.1) is 30.2 Å². The lowest BCUT2D eigenvalue weighted by Crippen LogP contribution is -2.47. The number of nitriles is 1. The fourth-order valence-corrected chi connectivity index (χ4v) is 5.33. The van der Waals surface area contributed by atoms with Gasteiger partial charge >= 0.3 is 5.97 Å². The van der Waals surface area contributed by atoms with Gasteiger partial charge in [0.2, 0.25) is 0 Å². The van der Waals surface area contributed by atoms with Crippen LogP contribution in [0, 0.1) is 11.3 Å². The third-order valence-electron chi connectivity index (χ3n) is 7.07. The first kappa shape index (κ1) is 29.3. The number of hydrogen-bond donors (Lipinski definition) is 3. The molecule has 1 aliphatic rings. The van der Waals surface area contributed by atoms with Crippen LogP contribution in [-0.4, -0.2) is 45.1 Å². The van der Waals surface area contributed by atoms with Crippen LogP contribution in [0.1, 0.15) is 73.3 Å². The van der Waals surface area contributed by atoms with E-state index >= 15 is 0 Å². The maximum atomic E-state index is 13.0. The van der Waals surface area contributed by atoms with E-state index in [-0.39, 0.29) is 24.1 Å². The van der Waals surface area contributed by atoms with Gasteiger partial charge in [0.25, 0.3) is 5.56 Å². The van der Waals surface area contributed by atoms with E-state index in [1.54, 1.807) is 16.9 Å². The highest BCUT2D eigenvalue weighted by Gasteiger charge is 2.43. The number of benzene rings is 1. The number of carbonyl (C=O) groups is 1. The highest BCUT2D eigenvalue weighted by molar-refractivity contribution is 5.91. The lowest BCUT2D eigenvalue weighted by molar-refractivity contribution is -0.176. The van der Waals surface area contributed by atoms with Crippen molar-refractivity contribution in [1.29, 1.82) is 5.26 Å². The van der Waals surface area contributed by atoms with Crippen LogP contribution in [-0.2, 0) is 25.3 Å². The predicted octanol–water partition coefficient (Wildman–Crippen LogP) is 4.83. The highest BCUT2D eigenvalue weighted by Crippen LogP contribution is 2.37. The topological polar surface area (TPSA) is 134 Å². The maximum Gasteiger partial charge on any atom is 0.335 e. The minimum absolute atomic E-state index is 0.0835. The number of ether oxygens (including phenoxy) is 2. The fraction of sp³-hybridized carbons (Fsp3) is 0.533. The van der Waals surface area contributed by atoms with Gasteiger partial charge in [0, 0.05) is 23.5 Å². The van der Waals surface area contributed by atoms with E-state index < -0.39 is 23.2 Å². The number of esters is 1. The van der Waals surface area contributed by atoms with Gasteiger partial charge in [-0.05, 0) is 71.2 Å². The number of nitrogens with zero attached hydrogens (tertiary/aromatic N) is 3. The van der Waals surface area contributed by atoms with Crippen LogP contribution in [0.5, 0.6) is 0 Å². The summed E-state index contributed by atoms with van der Waals surface area (Å²) < 4.78 is 13.2. The van der Waals surface area contributed by atoms with Crippen LogP contribution >= 0.6 is 0 Å². The Kier molecular flexibility index (Phi) is 8.11. The number of nitrogens with one attached hydrogen (secondary N) is 3. The van der Waals surface area contributed by atoms with Gasteiger partial charge in [-0.2, -0.15) is 10.4 Å². The summed E-state index contributed by atoms with van der Waals surface area (Å²) in [5.41, 5.74) is 0.515. The molecule has 214 valence electrons. The third kappa shape index (κ3) is 6.21. The number of pyridine rings is 1. The highest BCUT2D eigenvalue weighted by atomic mass is 16.6. The molecule has 0 aliphatic carbocycles. The van der Waals surface area contributed by atoms with Crippen LogP contribution in [0.3, 0.4) is 0 Å². The molecule has 1 aliphatic heterocycles. The predicted molar refractivity (Wildman–Crippen MR) is 154 cm³/mol. The average molecular weight is 549 g/mol. The van der Waals surface area contributed by atoms with Crippen molar-refractivity contribution in [3.05, 3.63) is 52.4 Å². The molecule has 0 spiro atoms. The standard InChI is InChI=1S/C30H40N6O4/c1-19(2)34-29(6,7)20-8-10-21(11-9-20)33-25-24-22(13-17-32-26(24)37)36(35-25)30(15-16-31)14-12-23(39-18-30)27(38)40-28(3,4)5/h8-11,13,17,19,23,34H,12,14-15,18H2,1-7H3,(H,32,37)(H,33,35)/t23-,30-/m0/s1. The molecule has 40 heavy (non-hydrogen) atoms. The molecule has 1 fully saturated rings. The number of aromatic nitrogens is 3. The number of aromatic amines is 1. The van der Waals surface area contributed by atoms with Gasteiger partial charge in [-0.15, -0.1) is 0 Å². The smallest absolute Gasteiger partial charge is 0.335 e. The molecule has 3 heterocycles. The molecule has 0 radical (unpaired) electrons. The summed E-state index contributed by atoms with van der Waals surface area (Å²) in [6.07, 6.45) is 1.77. The summed E-state index contributed by atoms with van der Waals surface area (Å²) in [4.78, 5) is 28.4. The van der Waals surface area contributed by atoms with E-state index in [4.69, 9.17) is 14.6 Å². The van der Waals surface area contributed by atoms with Gasteiger partial charge < -0.3 is 25.1 Å². The summed E-state index contributed by atoms with van der Waals surface area (Å²) >= 11 is 0. The van der Waals surface area contributed by atoms with Gasteiger partial charge in [-0.1, -0.05) is 26.0 Å². The molecule has 1 saturated heterocycles. The molecule has 4 rings (SSSR count). The second-order valence-corrected chi connectivity index (χ2v) is 12.4. The maximum absolute atomic E-state index is 13.0. The van der Waals surface area contributed by atoms with Crippen LogP contribution in [0.4, 0.5) is 11.5 Å². The number of anilines is 2. The Morgan fingerprint density at radius 2 is 1.95 bits per heavy atom. The lowest BCUT2D eigenvalue weighted by Gasteiger charge is -2.39. The van der Waals surface area contributed by atoms with E-state index in [2.05, 4.69) is 49.4 Å². The normalized spacial score (nSPS) is 19.9. The first-order chi connectivity index (χ1) is 18.7. The molecule has 0 bridgehead atoms. The van der Waals surface area contributed by atoms with Crippen LogP contribution < -0.4 is 16.2 Å². The van der Waals surface area contributed by atoms with Crippen LogP contribution in [0.15, 0.2) is 41.3 Å². The Morgan fingerprint density at radius 1 is 1.25 bits per heavy atom. The first-order valence-electron chi connectivity index (χ1n) is 13.7. The number of H-pyrrole nitrogens is 1. The fourth-order valence-electron chi connectivity index (χ4n) is 5.33. The molecule has 2 aromatic heterocycles. The molecule has 0 unspecified atom stereocenters. The minimum Gasteiger partial charge on any atom is -0.458 e.